The highest BCUT2D eigenvalue weighted by molar-refractivity contribution is 4.51. The van der Waals surface area contributed by atoms with Crippen molar-refractivity contribution in [2.24, 2.45) is 0 Å². The third kappa shape index (κ3) is 81.3. The van der Waals surface area contributed by atoms with Crippen LogP contribution in [-0.4, -0.2) is 0 Å². The van der Waals surface area contributed by atoms with Crippen LogP contribution in [0.5, 0.6) is 0 Å². The zero-order valence-corrected chi connectivity index (χ0v) is 16.5. The van der Waals surface area contributed by atoms with E-state index in [-0.39, 0.29) is 0 Å². The summed E-state index contributed by atoms with van der Waals surface area (Å²) in [5.41, 5.74) is 0. The second-order valence-corrected chi connectivity index (χ2v) is 5.60. The number of hydrogen-bond acceptors (Lipinski definition) is 0. The molecule has 128 valence electrons. The molecule has 0 aromatic heterocycles. The smallest absolute Gasteiger partial charge is 0.0533 e. The summed E-state index contributed by atoms with van der Waals surface area (Å²) in [6.07, 6.45) is 16.8. The van der Waals surface area contributed by atoms with Gasteiger partial charge in [-0.15, -0.1) is 0 Å². The first-order valence-electron chi connectivity index (χ1n) is 9.66. The third-order valence-electron chi connectivity index (χ3n) is 2.21. The molecule has 1 aliphatic rings. The van der Waals surface area contributed by atoms with Gasteiger partial charge in [-0.3, -0.25) is 0 Å². The molecule has 1 aliphatic carbocycles. The number of rotatable bonds is 3. The van der Waals surface area contributed by atoms with E-state index in [4.69, 9.17) is 0 Å². The maximum atomic E-state index is 2.23. The molecule has 0 spiro atoms. The Labute approximate surface area is 133 Å². The van der Waals surface area contributed by atoms with Gasteiger partial charge in [-0.05, 0) is 0 Å². The molecule has 0 bridgehead atoms. The van der Waals surface area contributed by atoms with E-state index < -0.39 is 0 Å². The average molecular weight is 289 g/mol. The Morgan fingerprint density at radius 3 is 0.650 bits per heavy atom. The van der Waals surface area contributed by atoms with Gasteiger partial charge in [-0.1, -0.05) is 132 Å². The molecule has 1 fully saturated rings. The summed E-state index contributed by atoms with van der Waals surface area (Å²) in [5.74, 6) is 0. The van der Waals surface area contributed by atoms with Crippen LogP contribution in [0, 0.1) is 0 Å². The van der Waals surface area contributed by atoms with Gasteiger partial charge < -0.3 is 0 Å². The van der Waals surface area contributed by atoms with Gasteiger partial charge in [0.05, 0.1) is 0 Å². The molecule has 0 heterocycles. The average Bonchev–Trinajstić information content (AvgIpc) is 2.98. The summed E-state index contributed by atoms with van der Waals surface area (Å²) < 4.78 is 0. The summed E-state index contributed by atoms with van der Waals surface area (Å²) in [4.78, 5) is 0. The van der Waals surface area contributed by atoms with Gasteiger partial charge in [0, 0.05) is 0 Å². The van der Waals surface area contributed by atoms with Crippen LogP contribution in [0.15, 0.2) is 0 Å². The first kappa shape index (κ1) is 28.2. The highest BCUT2D eigenvalue weighted by Crippen LogP contribution is 2.15. The Morgan fingerprint density at radius 1 is 0.400 bits per heavy atom. The molecule has 0 nitrogen and oxygen atoms in total. The lowest BCUT2D eigenvalue weighted by Gasteiger charge is -1.86. The third-order valence-corrected chi connectivity index (χ3v) is 2.21. The fourth-order valence-corrected chi connectivity index (χ4v) is 1.38. The fourth-order valence-electron chi connectivity index (χ4n) is 1.38. The first-order valence-corrected chi connectivity index (χ1v) is 9.66. The molecule has 0 aromatic carbocycles. The molecule has 0 N–H and O–H groups in total. The Bertz CT molecular complexity index is 65.7. The van der Waals surface area contributed by atoms with E-state index in [1.807, 2.05) is 0 Å². The van der Waals surface area contributed by atoms with Crippen LogP contribution < -0.4 is 0 Å². The van der Waals surface area contributed by atoms with Crippen molar-refractivity contribution >= 4 is 0 Å². The highest BCUT2D eigenvalue weighted by Gasteiger charge is 1.95. The van der Waals surface area contributed by atoms with Crippen molar-refractivity contribution in [3.05, 3.63) is 0 Å². The van der Waals surface area contributed by atoms with Crippen molar-refractivity contribution < 1.29 is 0 Å². The predicted molar refractivity (Wildman–Crippen MR) is 101 cm³/mol. The molecule has 0 atom stereocenters. The topological polar surface area (TPSA) is 0 Å². The molecule has 0 saturated heterocycles. The molecule has 0 aliphatic heterocycles. The fraction of sp³-hybridized carbons (Fsp3) is 1.00. The molecule has 20 heavy (non-hydrogen) atoms. The van der Waals surface area contributed by atoms with Crippen molar-refractivity contribution in [2.75, 3.05) is 0 Å². The van der Waals surface area contributed by atoms with E-state index in [2.05, 4.69) is 55.4 Å². The minimum absolute atomic E-state index is 1.25. The molecule has 0 unspecified atom stereocenters. The maximum Gasteiger partial charge on any atom is -0.0533 e. The van der Waals surface area contributed by atoms with Crippen molar-refractivity contribution in [3.8, 4) is 0 Å². The van der Waals surface area contributed by atoms with E-state index >= 15 is 0 Å². The summed E-state index contributed by atoms with van der Waals surface area (Å²) in [5, 5.41) is 0. The van der Waals surface area contributed by atoms with E-state index in [0.29, 0.717) is 0 Å². The summed E-state index contributed by atoms with van der Waals surface area (Å²) >= 11 is 0. The zero-order chi connectivity index (χ0) is 16.5. The van der Waals surface area contributed by atoms with E-state index in [9.17, 15) is 0 Å². The molecule has 1 rings (SSSR count). The van der Waals surface area contributed by atoms with Crippen LogP contribution in [0.2, 0.25) is 0 Å². The Morgan fingerprint density at radius 2 is 0.550 bits per heavy atom. The standard InChI is InChI=1S/C6H14.C5H10.3C3H8/c1-3-5-6-4-2;1-2-4-5-3-1;3*1-3-2/h3-6H2,1-2H3;1-5H2;3*3H2,1-2H3. The van der Waals surface area contributed by atoms with Crippen molar-refractivity contribution in [3.63, 3.8) is 0 Å². The molecule has 0 amide bonds. The number of unbranched alkanes of at least 4 members (excludes halogenated alkanes) is 3. The summed E-state index contributed by atoms with van der Waals surface area (Å²) in [6.45, 7) is 17.2. The van der Waals surface area contributed by atoms with Gasteiger partial charge in [0.2, 0.25) is 0 Å². The lowest BCUT2D eigenvalue weighted by molar-refractivity contribution is 0.702. The second-order valence-electron chi connectivity index (χ2n) is 5.60. The normalized spacial score (nSPS) is 11.4. The minimum Gasteiger partial charge on any atom is -0.0656 e. The zero-order valence-electron chi connectivity index (χ0n) is 16.5. The molecule has 0 aromatic rings. The summed E-state index contributed by atoms with van der Waals surface area (Å²) in [7, 11) is 0. The van der Waals surface area contributed by atoms with E-state index in [1.54, 1.807) is 0 Å². The van der Waals surface area contributed by atoms with Gasteiger partial charge in [0.15, 0.2) is 0 Å². The first-order chi connectivity index (χ1) is 9.66. The van der Waals surface area contributed by atoms with Crippen LogP contribution in [0.4, 0.5) is 0 Å². The van der Waals surface area contributed by atoms with Gasteiger partial charge in [-0.25, -0.2) is 0 Å². The monoisotopic (exact) mass is 288 g/mol. The van der Waals surface area contributed by atoms with Crippen LogP contribution >= 0.6 is 0 Å². The molecular formula is C20H48. The predicted octanol–water partition coefficient (Wildman–Crippen LogP) is 8.79. The maximum absolute atomic E-state index is 2.23. The van der Waals surface area contributed by atoms with Crippen LogP contribution in [0.25, 0.3) is 0 Å². The quantitative estimate of drug-likeness (QED) is 0.455. The van der Waals surface area contributed by atoms with E-state index in [1.165, 1.54) is 77.0 Å². The van der Waals surface area contributed by atoms with Gasteiger partial charge >= 0.3 is 0 Å². The molecule has 0 radical (unpaired) electrons. The van der Waals surface area contributed by atoms with Crippen LogP contribution in [0.1, 0.15) is 132 Å². The largest absolute Gasteiger partial charge is 0.0656 e. The molecule has 0 heteroatoms. The lowest BCUT2D eigenvalue weighted by Crippen LogP contribution is -1.66. The molecular weight excluding hydrogens is 240 g/mol. The van der Waals surface area contributed by atoms with Gasteiger partial charge in [0.25, 0.3) is 0 Å². The summed E-state index contributed by atoms with van der Waals surface area (Å²) in [6, 6.07) is 0. The van der Waals surface area contributed by atoms with E-state index in [0.717, 1.165) is 0 Å². The van der Waals surface area contributed by atoms with Gasteiger partial charge in [-0.2, -0.15) is 0 Å². The van der Waals surface area contributed by atoms with Crippen molar-refractivity contribution in [1.82, 2.24) is 0 Å². The number of hydrogen-bond donors (Lipinski definition) is 0. The van der Waals surface area contributed by atoms with Crippen LogP contribution in [0.3, 0.4) is 0 Å². The van der Waals surface area contributed by atoms with Crippen molar-refractivity contribution in [1.29, 1.82) is 0 Å². The lowest BCUT2D eigenvalue weighted by atomic mass is 10.2. The highest BCUT2D eigenvalue weighted by atomic mass is 14.0. The Balaban J connectivity index is -0.0000000835. The SMILES string of the molecule is C1CCCC1.CCC.CCC.CCC.CCCCCC. The van der Waals surface area contributed by atoms with Crippen LogP contribution in [-0.2, 0) is 0 Å². The van der Waals surface area contributed by atoms with Gasteiger partial charge in [0.1, 0.15) is 0 Å². The Hall–Kier alpha value is 0. The Kier molecular flexibility index (Phi) is 60.3. The molecule has 1 saturated carbocycles. The second kappa shape index (κ2) is 42.8. The minimum atomic E-state index is 1.25. The van der Waals surface area contributed by atoms with Crippen molar-refractivity contribution in [2.45, 2.75) is 132 Å².